The van der Waals surface area contributed by atoms with E-state index in [4.69, 9.17) is 21.1 Å². The number of carboxylic acid groups (broad SMARTS) is 1. The number of benzene rings is 4. The lowest BCUT2D eigenvalue weighted by Crippen LogP contribution is -2.31. The highest BCUT2D eigenvalue weighted by Gasteiger charge is 2.23. The van der Waals surface area contributed by atoms with Gasteiger partial charge in [0.15, 0.2) is 11.6 Å². The van der Waals surface area contributed by atoms with Crippen LogP contribution in [0.15, 0.2) is 78.9 Å². The van der Waals surface area contributed by atoms with Gasteiger partial charge in [0, 0.05) is 41.0 Å². The number of hydrogen-bond donors (Lipinski definition) is 3. The standard InChI is InChI=1S/C31H25ClFN3O5/c1-40-16-26(17-7-4-3-5-8-17)36-30(37)18-11-12-19(21(13-18)31(38)39)28-20(9-6-10-22(28)32)29-34-24-14-23(33)27(41-2)15-25(24)35-29/h3-15,26H,16H2,1-2H3,(H,34,35)(H,36,37)(H,38,39)/t26-/m1/s1. The second-order valence-electron chi connectivity index (χ2n) is 9.21. The number of imidazole rings is 1. The van der Waals surface area contributed by atoms with Crippen molar-refractivity contribution in [2.24, 2.45) is 0 Å². The Balaban J connectivity index is 1.56. The van der Waals surface area contributed by atoms with E-state index in [0.29, 0.717) is 28.0 Å². The monoisotopic (exact) mass is 573 g/mol. The van der Waals surface area contributed by atoms with Crippen molar-refractivity contribution in [1.82, 2.24) is 15.3 Å². The van der Waals surface area contributed by atoms with Gasteiger partial charge in [-0.05, 0) is 29.3 Å². The maximum Gasteiger partial charge on any atom is 0.336 e. The summed E-state index contributed by atoms with van der Waals surface area (Å²) in [5, 5.41) is 13.3. The Kier molecular flexibility index (Phi) is 8.00. The maximum absolute atomic E-state index is 14.3. The zero-order valence-corrected chi connectivity index (χ0v) is 22.8. The van der Waals surface area contributed by atoms with Crippen molar-refractivity contribution in [3.63, 3.8) is 0 Å². The number of aromatic amines is 1. The first kappa shape index (κ1) is 27.8. The van der Waals surface area contributed by atoms with E-state index in [2.05, 4.69) is 15.3 Å². The Labute approximate surface area is 239 Å². The van der Waals surface area contributed by atoms with Crippen LogP contribution in [0.4, 0.5) is 4.39 Å². The van der Waals surface area contributed by atoms with Crippen molar-refractivity contribution in [1.29, 1.82) is 0 Å². The Bertz CT molecular complexity index is 1760. The molecule has 8 nitrogen and oxygen atoms in total. The molecule has 3 N–H and O–H groups in total. The largest absolute Gasteiger partial charge is 0.494 e. The summed E-state index contributed by atoms with van der Waals surface area (Å²) in [6.07, 6.45) is 0. The third-order valence-electron chi connectivity index (χ3n) is 6.65. The lowest BCUT2D eigenvalue weighted by molar-refractivity contribution is 0.0697. The molecule has 0 saturated carbocycles. The fourth-order valence-corrected chi connectivity index (χ4v) is 4.96. The minimum atomic E-state index is -1.24. The summed E-state index contributed by atoms with van der Waals surface area (Å²) in [5.41, 5.74) is 2.94. The molecule has 41 heavy (non-hydrogen) atoms. The summed E-state index contributed by atoms with van der Waals surface area (Å²) in [7, 11) is 2.90. The highest BCUT2D eigenvalue weighted by atomic mass is 35.5. The van der Waals surface area contributed by atoms with E-state index < -0.39 is 23.7 Å². The Hall–Kier alpha value is -4.73. The van der Waals surface area contributed by atoms with Gasteiger partial charge in [-0.2, -0.15) is 0 Å². The molecule has 5 aromatic rings. The number of amides is 1. The maximum atomic E-state index is 14.3. The summed E-state index contributed by atoms with van der Waals surface area (Å²) < 4.78 is 24.6. The number of nitrogens with one attached hydrogen (secondary N) is 2. The first-order valence-corrected chi connectivity index (χ1v) is 12.9. The number of fused-ring (bicyclic) bond motifs is 1. The fraction of sp³-hybridized carbons (Fsp3) is 0.129. The summed E-state index contributed by atoms with van der Waals surface area (Å²) >= 11 is 6.63. The fourth-order valence-electron chi connectivity index (χ4n) is 4.69. The van der Waals surface area contributed by atoms with Crippen LogP contribution in [-0.2, 0) is 4.74 Å². The van der Waals surface area contributed by atoms with Crippen LogP contribution in [0, 0.1) is 5.82 Å². The normalized spacial score (nSPS) is 11.8. The molecule has 0 radical (unpaired) electrons. The number of carbonyl (C=O) groups excluding carboxylic acids is 1. The van der Waals surface area contributed by atoms with Crippen LogP contribution in [0.5, 0.6) is 5.75 Å². The predicted octanol–water partition coefficient (Wildman–Crippen LogP) is 6.51. The number of nitrogens with zero attached hydrogens (tertiary/aromatic N) is 1. The molecular weight excluding hydrogens is 549 g/mol. The van der Waals surface area contributed by atoms with Crippen molar-refractivity contribution >= 4 is 34.5 Å². The van der Waals surface area contributed by atoms with Crippen LogP contribution >= 0.6 is 11.6 Å². The van der Waals surface area contributed by atoms with Crippen LogP contribution in [0.1, 0.15) is 32.3 Å². The predicted molar refractivity (Wildman–Crippen MR) is 154 cm³/mol. The lowest BCUT2D eigenvalue weighted by Gasteiger charge is -2.19. The lowest BCUT2D eigenvalue weighted by atomic mass is 9.93. The number of halogens is 2. The minimum Gasteiger partial charge on any atom is -0.494 e. The molecule has 0 unspecified atom stereocenters. The van der Waals surface area contributed by atoms with Crippen molar-refractivity contribution in [3.05, 3.63) is 106 Å². The Morgan fingerprint density at radius 2 is 1.80 bits per heavy atom. The second kappa shape index (κ2) is 11.8. The third kappa shape index (κ3) is 5.63. The molecule has 0 fully saturated rings. The molecule has 208 valence electrons. The van der Waals surface area contributed by atoms with E-state index in [9.17, 15) is 19.1 Å². The molecule has 0 aliphatic heterocycles. The molecule has 0 bridgehead atoms. The first-order chi connectivity index (χ1) is 19.8. The topological polar surface area (TPSA) is 114 Å². The van der Waals surface area contributed by atoms with E-state index >= 15 is 0 Å². The number of hydrogen-bond acceptors (Lipinski definition) is 5. The molecule has 1 amide bonds. The van der Waals surface area contributed by atoms with Gasteiger partial charge >= 0.3 is 5.97 Å². The minimum absolute atomic E-state index is 0.0453. The molecule has 0 aliphatic rings. The van der Waals surface area contributed by atoms with Crippen molar-refractivity contribution in [3.8, 4) is 28.3 Å². The second-order valence-corrected chi connectivity index (χ2v) is 9.62. The SMILES string of the molecule is COC[C@@H](NC(=O)c1ccc(-c2c(Cl)cccc2-c2nc3cc(OC)c(F)cc3[nH]2)c(C(=O)O)c1)c1ccccc1. The average molecular weight is 574 g/mol. The number of H-pyrrole nitrogens is 1. The molecule has 0 saturated heterocycles. The summed E-state index contributed by atoms with van der Waals surface area (Å²) in [5.74, 6) is -1.85. The van der Waals surface area contributed by atoms with Crippen LogP contribution < -0.4 is 10.1 Å². The van der Waals surface area contributed by atoms with Crippen LogP contribution in [0.25, 0.3) is 33.5 Å². The van der Waals surface area contributed by atoms with Gasteiger partial charge in [0.1, 0.15) is 5.82 Å². The zero-order chi connectivity index (χ0) is 29.1. The summed E-state index contributed by atoms with van der Waals surface area (Å²) in [4.78, 5) is 33.3. The zero-order valence-electron chi connectivity index (χ0n) is 22.1. The van der Waals surface area contributed by atoms with Gasteiger partial charge in [0.25, 0.3) is 5.91 Å². The van der Waals surface area contributed by atoms with Crippen LogP contribution in [0.3, 0.4) is 0 Å². The molecule has 10 heteroatoms. The number of aromatic carboxylic acids is 1. The molecule has 1 heterocycles. The van der Waals surface area contributed by atoms with Gasteiger partial charge in [0.05, 0.1) is 36.4 Å². The number of methoxy groups -OCH3 is 2. The van der Waals surface area contributed by atoms with Crippen molar-refractivity contribution < 1.29 is 28.6 Å². The highest BCUT2D eigenvalue weighted by molar-refractivity contribution is 6.34. The van der Waals surface area contributed by atoms with Crippen molar-refractivity contribution in [2.45, 2.75) is 6.04 Å². The average Bonchev–Trinajstić information content (AvgIpc) is 3.39. The third-order valence-corrected chi connectivity index (χ3v) is 6.96. The molecule has 0 spiro atoms. The van der Waals surface area contributed by atoms with Crippen molar-refractivity contribution in [2.75, 3.05) is 20.8 Å². The molecule has 0 aliphatic carbocycles. The molecule has 4 aromatic carbocycles. The summed E-state index contributed by atoms with van der Waals surface area (Å²) in [6.45, 7) is 0.232. The van der Waals surface area contributed by atoms with Gasteiger partial charge in [0.2, 0.25) is 0 Å². The quantitative estimate of drug-likeness (QED) is 0.185. The van der Waals surface area contributed by atoms with Gasteiger partial charge < -0.3 is 24.9 Å². The smallest absolute Gasteiger partial charge is 0.336 e. The first-order valence-electron chi connectivity index (χ1n) is 12.5. The van der Waals surface area contributed by atoms with E-state index in [1.165, 1.54) is 38.5 Å². The number of carbonyl (C=O) groups is 2. The van der Waals surface area contributed by atoms with E-state index in [1.807, 2.05) is 30.3 Å². The molecule has 5 rings (SSSR count). The van der Waals surface area contributed by atoms with Gasteiger partial charge in [-0.25, -0.2) is 14.2 Å². The summed E-state index contributed by atoms with van der Waals surface area (Å²) in [6, 6.07) is 21.1. The molecular formula is C31H25ClFN3O5. The van der Waals surface area contributed by atoms with Gasteiger partial charge in [-0.15, -0.1) is 0 Å². The van der Waals surface area contributed by atoms with Crippen LogP contribution in [0.2, 0.25) is 5.02 Å². The van der Waals surface area contributed by atoms with Gasteiger partial charge in [-0.1, -0.05) is 60.1 Å². The van der Waals surface area contributed by atoms with E-state index in [0.717, 1.165) is 5.56 Å². The van der Waals surface area contributed by atoms with E-state index in [1.54, 1.807) is 24.3 Å². The van der Waals surface area contributed by atoms with Gasteiger partial charge in [-0.3, -0.25) is 4.79 Å². The number of aromatic nitrogens is 2. The number of carboxylic acids is 1. The highest BCUT2D eigenvalue weighted by Crippen LogP contribution is 2.39. The Morgan fingerprint density at radius 1 is 1.02 bits per heavy atom. The number of rotatable bonds is 9. The Morgan fingerprint density at radius 3 is 2.51 bits per heavy atom. The van der Waals surface area contributed by atoms with E-state index in [-0.39, 0.29) is 34.1 Å². The molecule has 1 aromatic heterocycles. The molecule has 1 atom stereocenters. The number of ether oxygens (including phenoxy) is 2. The van der Waals surface area contributed by atoms with Crippen LogP contribution in [-0.4, -0.2) is 47.8 Å².